The molecule has 2 amide bonds. The summed E-state index contributed by atoms with van der Waals surface area (Å²) in [6.07, 6.45) is 0.110. The number of aliphatic hydroxyl groups is 1. The Morgan fingerprint density at radius 3 is 2.27 bits per heavy atom. The second-order valence-electron chi connectivity index (χ2n) is 6.57. The van der Waals surface area contributed by atoms with E-state index in [0.717, 1.165) is 5.56 Å². The number of amides is 2. The molecule has 156 valence electrons. The number of carbonyl (C=O) groups excluding carboxylic acids is 2. The normalized spacial score (nSPS) is 13.9. The summed E-state index contributed by atoms with van der Waals surface area (Å²) in [5.41, 5.74) is 0.378. The van der Waals surface area contributed by atoms with Crippen LogP contribution >= 0.6 is 11.6 Å². The summed E-state index contributed by atoms with van der Waals surface area (Å²) >= 11 is 5.85. The van der Waals surface area contributed by atoms with E-state index in [1.165, 1.54) is 4.90 Å². The number of aliphatic hydroxyl groups excluding tert-OH is 1. The second kappa shape index (κ2) is 9.32. The highest BCUT2D eigenvalue weighted by molar-refractivity contribution is 6.30. The van der Waals surface area contributed by atoms with Crippen molar-refractivity contribution in [3.63, 3.8) is 0 Å². The summed E-state index contributed by atoms with van der Waals surface area (Å²) < 4.78 is 5.73. The van der Waals surface area contributed by atoms with E-state index in [1.807, 2.05) is 0 Å². The summed E-state index contributed by atoms with van der Waals surface area (Å²) in [5, 5.41) is 21.3. The summed E-state index contributed by atoms with van der Waals surface area (Å²) in [7, 11) is 0. The van der Waals surface area contributed by atoms with Gasteiger partial charge in [0.25, 0.3) is 11.8 Å². The van der Waals surface area contributed by atoms with Crippen molar-refractivity contribution in [2.24, 2.45) is 0 Å². The van der Waals surface area contributed by atoms with Gasteiger partial charge in [0, 0.05) is 24.5 Å². The van der Waals surface area contributed by atoms with E-state index < -0.39 is 29.9 Å². The van der Waals surface area contributed by atoms with Gasteiger partial charge in [0.2, 0.25) is 0 Å². The Hall–Kier alpha value is -3.52. The largest absolute Gasteiger partial charge is 0.511 e. The lowest BCUT2D eigenvalue weighted by atomic mass is 10.0. The predicted molar refractivity (Wildman–Crippen MR) is 108 cm³/mol. The van der Waals surface area contributed by atoms with Crippen molar-refractivity contribution in [2.75, 3.05) is 13.1 Å². The molecule has 8 nitrogen and oxygen atoms in total. The van der Waals surface area contributed by atoms with Crippen molar-refractivity contribution in [1.29, 1.82) is 0 Å². The van der Waals surface area contributed by atoms with Crippen LogP contribution in [0, 0.1) is 0 Å². The molecule has 0 aromatic heterocycles. The van der Waals surface area contributed by atoms with Gasteiger partial charge in [-0.3, -0.25) is 14.4 Å². The van der Waals surface area contributed by atoms with Crippen LogP contribution in [0.2, 0.25) is 5.02 Å². The number of hydrogen-bond acceptors (Lipinski definition) is 5. The average molecular weight is 431 g/mol. The van der Waals surface area contributed by atoms with Crippen LogP contribution in [0.25, 0.3) is 0 Å². The minimum absolute atomic E-state index is 0.110. The first-order valence-electron chi connectivity index (χ1n) is 9.07. The minimum atomic E-state index is -1.25. The molecule has 0 bridgehead atoms. The molecule has 0 aliphatic carbocycles. The average Bonchev–Trinajstić information content (AvgIpc) is 2.72. The lowest BCUT2D eigenvalue weighted by Gasteiger charge is -2.28. The standard InChI is InChI=1S/C21H19ClN2O6/c22-14-3-7-16(8-4-14)30-15-5-1-13(2-6-15)12-24-10-9-17(25)19(21(24)29)20(28)23-11-18(26)27/h1-8,25H,9-12H2,(H,23,28)(H,26,27). The fraction of sp³-hybridized carbons (Fsp3) is 0.190. The van der Waals surface area contributed by atoms with Crippen LogP contribution in [0.4, 0.5) is 0 Å². The highest BCUT2D eigenvalue weighted by Crippen LogP contribution is 2.25. The molecule has 2 aromatic rings. The van der Waals surface area contributed by atoms with E-state index in [0.29, 0.717) is 16.5 Å². The van der Waals surface area contributed by atoms with E-state index in [9.17, 15) is 19.5 Å². The molecule has 2 aromatic carbocycles. The fourth-order valence-electron chi connectivity index (χ4n) is 2.89. The van der Waals surface area contributed by atoms with Gasteiger partial charge in [-0.2, -0.15) is 0 Å². The third-order valence-electron chi connectivity index (χ3n) is 4.38. The van der Waals surface area contributed by atoms with Gasteiger partial charge in [-0.25, -0.2) is 0 Å². The van der Waals surface area contributed by atoms with Crippen LogP contribution in [0.15, 0.2) is 59.9 Å². The van der Waals surface area contributed by atoms with Crippen molar-refractivity contribution in [3.05, 3.63) is 70.4 Å². The van der Waals surface area contributed by atoms with Crippen molar-refractivity contribution in [3.8, 4) is 11.5 Å². The molecule has 0 fully saturated rings. The molecule has 1 heterocycles. The predicted octanol–water partition coefficient (Wildman–Crippen LogP) is 2.88. The number of nitrogens with zero attached hydrogens (tertiary/aromatic N) is 1. The van der Waals surface area contributed by atoms with Gasteiger partial charge < -0.3 is 25.2 Å². The number of benzene rings is 2. The van der Waals surface area contributed by atoms with E-state index in [2.05, 4.69) is 5.32 Å². The molecular formula is C21H19ClN2O6. The molecule has 0 spiro atoms. The number of rotatable bonds is 7. The van der Waals surface area contributed by atoms with Crippen LogP contribution < -0.4 is 10.1 Å². The van der Waals surface area contributed by atoms with Crippen molar-refractivity contribution >= 4 is 29.4 Å². The monoisotopic (exact) mass is 430 g/mol. The number of carbonyl (C=O) groups is 3. The van der Waals surface area contributed by atoms with Crippen molar-refractivity contribution in [1.82, 2.24) is 10.2 Å². The van der Waals surface area contributed by atoms with Crippen LogP contribution in [0.5, 0.6) is 11.5 Å². The van der Waals surface area contributed by atoms with Crippen molar-refractivity contribution < 1.29 is 29.3 Å². The third kappa shape index (κ3) is 5.30. The molecular weight excluding hydrogens is 412 g/mol. The maximum Gasteiger partial charge on any atom is 0.322 e. The Morgan fingerprint density at radius 1 is 1.07 bits per heavy atom. The smallest absolute Gasteiger partial charge is 0.322 e. The number of nitrogens with one attached hydrogen (secondary N) is 1. The van der Waals surface area contributed by atoms with E-state index in [4.69, 9.17) is 21.4 Å². The van der Waals surface area contributed by atoms with Gasteiger partial charge in [0.05, 0.1) is 0 Å². The van der Waals surface area contributed by atoms with E-state index in [1.54, 1.807) is 48.5 Å². The van der Waals surface area contributed by atoms with Crippen LogP contribution in [0.1, 0.15) is 12.0 Å². The molecule has 0 saturated heterocycles. The lowest BCUT2D eigenvalue weighted by molar-refractivity contribution is -0.138. The van der Waals surface area contributed by atoms with Gasteiger partial charge >= 0.3 is 5.97 Å². The zero-order chi connectivity index (χ0) is 21.7. The molecule has 1 aliphatic rings. The van der Waals surface area contributed by atoms with Crippen LogP contribution in [0.3, 0.4) is 0 Å². The van der Waals surface area contributed by atoms with E-state index in [-0.39, 0.29) is 25.3 Å². The first-order valence-corrected chi connectivity index (χ1v) is 9.45. The molecule has 0 radical (unpaired) electrons. The Labute approximate surface area is 177 Å². The van der Waals surface area contributed by atoms with Gasteiger partial charge in [-0.1, -0.05) is 23.7 Å². The summed E-state index contributed by atoms with van der Waals surface area (Å²) in [4.78, 5) is 36.8. The fourth-order valence-corrected chi connectivity index (χ4v) is 3.02. The number of halogens is 1. The number of aliphatic carboxylic acids is 1. The Balaban J connectivity index is 1.64. The molecule has 0 saturated carbocycles. The first kappa shape index (κ1) is 21.2. The number of carboxylic acids is 1. The van der Waals surface area contributed by atoms with Gasteiger partial charge in [0.1, 0.15) is 29.4 Å². The van der Waals surface area contributed by atoms with Crippen LogP contribution in [-0.2, 0) is 20.9 Å². The molecule has 0 unspecified atom stereocenters. The molecule has 30 heavy (non-hydrogen) atoms. The topological polar surface area (TPSA) is 116 Å². The highest BCUT2D eigenvalue weighted by atomic mass is 35.5. The molecule has 3 rings (SSSR count). The SMILES string of the molecule is O=C(O)CNC(=O)C1=C(O)CCN(Cc2ccc(Oc3ccc(Cl)cc3)cc2)C1=O. The van der Waals surface area contributed by atoms with Crippen LogP contribution in [-0.4, -0.2) is 46.0 Å². The quantitative estimate of drug-likeness (QED) is 0.581. The summed E-state index contributed by atoms with van der Waals surface area (Å²) in [5.74, 6) is -1.90. The van der Waals surface area contributed by atoms with Crippen molar-refractivity contribution in [2.45, 2.75) is 13.0 Å². The maximum atomic E-state index is 12.6. The summed E-state index contributed by atoms with van der Waals surface area (Å²) in [6.45, 7) is -0.176. The first-order chi connectivity index (χ1) is 14.3. The number of hydrogen-bond donors (Lipinski definition) is 3. The van der Waals surface area contributed by atoms with Gasteiger partial charge in [0.15, 0.2) is 0 Å². The minimum Gasteiger partial charge on any atom is -0.511 e. The van der Waals surface area contributed by atoms with Gasteiger partial charge in [-0.05, 0) is 42.0 Å². The molecule has 3 N–H and O–H groups in total. The Kier molecular flexibility index (Phi) is 6.58. The number of carboxylic acid groups (broad SMARTS) is 1. The Bertz CT molecular complexity index is 986. The summed E-state index contributed by atoms with van der Waals surface area (Å²) in [6, 6.07) is 14.0. The highest BCUT2D eigenvalue weighted by Gasteiger charge is 2.32. The zero-order valence-electron chi connectivity index (χ0n) is 15.8. The zero-order valence-corrected chi connectivity index (χ0v) is 16.6. The second-order valence-corrected chi connectivity index (χ2v) is 7.01. The van der Waals surface area contributed by atoms with Gasteiger partial charge in [-0.15, -0.1) is 0 Å². The molecule has 1 aliphatic heterocycles. The van der Waals surface area contributed by atoms with E-state index >= 15 is 0 Å². The Morgan fingerprint density at radius 2 is 1.67 bits per heavy atom. The lowest BCUT2D eigenvalue weighted by Crippen LogP contribution is -2.43. The molecule has 0 atom stereocenters. The number of ether oxygens (including phenoxy) is 1. The molecule has 9 heteroatoms. The maximum absolute atomic E-state index is 12.6. The third-order valence-corrected chi connectivity index (χ3v) is 4.63.